The molecule has 0 spiro atoms. The molecule has 0 bridgehead atoms. The number of hydrazine groups is 1. The first-order chi connectivity index (χ1) is 23.6. The minimum absolute atomic E-state index is 0.0985. The van der Waals surface area contributed by atoms with Crippen molar-refractivity contribution in [3.8, 4) is 0 Å². The van der Waals surface area contributed by atoms with Crippen LogP contribution in [0.4, 0.5) is 4.79 Å². The fraction of sp³-hybridized carbons (Fsp3) is 0.556. The van der Waals surface area contributed by atoms with Crippen molar-refractivity contribution < 1.29 is 33.8 Å². The summed E-state index contributed by atoms with van der Waals surface area (Å²) in [6.07, 6.45) is -0.560. The van der Waals surface area contributed by atoms with E-state index in [0.717, 1.165) is 10.5 Å². The lowest BCUT2D eigenvalue weighted by Gasteiger charge is -2.39. The number of carbonyl (C=O) groups is 4. The van der Waals surface area contributed by atoms with E-state index in [1.807, 2.05) is 30.3 Å². The topological polar surface area (TPSA) is 146 Å². The third-order valence-electron chi connectivity index (χ3n) is 7.74. The Morgan fingerprint density at radius 3 is 2.14 bits per heavy atom. The summed E-state index contributed by atoms with van der Waals surface area (Å²) < 4.78 is 8.64. The quantitative estimate of drug-likeness (QED) is 0.130. The van der Waals surface area contributed by atoms with Gasteiger partial charge in [0, 0.05) is 12.5 Å². The van der Waals surface area contributed by atoms with Gasteiger partial charge in [-0.25, -0.2) is 10.2 Å². The highest BCUT2D eigenvalue weighted by molar-refractivity contribution is 7.98. The van der Waals surface area contributed by atoms with E-state index in [-0.39, 0.29) is 40.4 Å². The van der Waals surface area contributed by atoms with Gasteiger partial charge >= 0.3 is 12.1 Å². The van der Waals surface area contributed by atoms with Gasteiger partial charge in [-0.3, -0.25) is 19.4 Å². The number of alkyl carbamates (subject to hydrolysis) is 1. The molecule has 1 aliphatic heterocycles. The molecule has 15 heteroatoms. The van der Waals surface area contributed by atoms with Gasteiger partial charge in [0.05, 0.1) is 17.5 Å². The van der Waals surface area contributed by atoms with Crippen LogP contribution in [-0.4, -0.2) is 86.0 Å². The summed E-state index contributed by atoms with van der Waals surface area (Å²) in [4.78, 5) is 55.4. The standard InChI is InChI=1S/C36H49Cl3N4O7S/c1-22(2)29(41-33(48)50-34(3,4)5)30(45)40-28(20-44)31(46)43-19-24(18-27(42-43)32(47)49-21-36(37,38)39)23-13-12-16-26(17-23)51(35(6,7)8)25-14-10-9-11-15-25/h9-17,22,24,27-29,42,44H,18-21H2,1-8H3,(H-,40,41,45,48)/p+1/t24?,27-,28-,29-,51?/m0/s1. The van der Waals surface area contributed by atoms with Gasteiger partial charge in [0.25, 0.3) is 5.91 Å². The molecule has 3 rings (SSSR count). The first-order valence-electron chi connectivity index (χ1n) is 16.7. The molecular weight excluding hydrogens is 739 g/mol. The van der Waals surface area contributed by atoms with Gasteiger partial charge in [0.15, 0.2) is 9.79 Å². The van der Waals surface area contributed by atoms with E-state index in [4.69, 9.17) is 44.3 Å². The van der Waals surface area contributed by atoms with Crippen LogP contribution in [0.5, 0.6) is 0 Å². The number of hydrogen-bond donors (Lipinski definition) is 4. The fourth-order valence-electron chi connectivity index (χ4n) is 5.57. The van der Waals surface area contributed by atoms with Gasteiger partial charge < -0.3 is 25.2 Å². The predicted molar refractivity (Wildman–Crippen MR) is 201 cm³/mol. The second kappa shape index (κ2) is 17.9. The lowest BCUT2D eigenvalue weighted by molar-refractivity contribution is -0.154. The van der Waals surface area contributed by atoms with E-state index >= 15 is 0 Å². The Morgan fingerprint density at radius 1 is 0.961 bits per heavy atom. The summed E-state index contributed by atoms with van der Waals surface area (Å²) in [7, 11) is -0.317. The molecule has 1 saturated heterocycles. The first kappa shape index (κ1) is 42.7. The number of amides is 3. The molecule has 0 saturated carbocycles. The van der Waals surface area contributed by atoms with Gasteiger partial charge in [-0.05, 0) is 83.7 Å². The number of carbonyl (C=O) groups excluding carboxylic acids is 4. The highest BCUT2D eigenvalue weighted by Gasteiger charge is 2.42. The monoisotopic (exact) mass is 787 g/mol. The lowest BCUT2D eigenvalue weighted by atomic mass is 9.90. The van der Waals surface area contributed by atoms with E-state index in [0.29, 0.717) is 0 Å². The zero-order valence-corrected chi connectivity index (χ0v) is 33.4. The van der Waals surface area contributed by atoms with E-state index < -0.39 is 64.6 Å². The number of rotatable bonds is 11. The third kappa shape index (κ3) is 13.0. The zero-order chi connectivity index (χ0) is 38.3. The normalized spacial score (nSPS) is 18.7. The van der Waals surface area contributed by atoms with Gasteiger partial charge in [0.1, 0.15) is 35.1 Å². The molecular formula is C36H50Cl3N4O7S+. The molecule has 2 aromatic rings. The van der Waals surface area contributed by atoms with Gasteiger partial charge in [0.2, 0.25) is 9.70 Å². The lowest BCUT2D eigenvalue weighted by Crippen LogP contribution is -2.63. The van der Waals surface area contributed by atoms with Crippen LogP contribution >= 0.6 is 34.8 Å². The molecule has 0 radical (unpaired) electrons. The SMILES string of the molecule is CC(C)[C@H](NC(=O)OC(C)(C)C)C(=O)N[C@@H](CO)C(=O)N1CC(c2cccc([S+](c3ccccc3)C(C)(C)C)c2)C[C@@H](C(=O)OCC(Cl)(Cl)Cl)N1. The summed E-state index contributed by atoms with van der Waals surface area (Å²) >= 11 is 17.5. The fourth-order valence-corrected chi connectivity index (χ4v) is 8.32. The van der Waals surface area contributed by atoms with E-state index in [2.05, 4.69) is 61.1 Å². The number of esters is 1. The molecule has 5 atom stereocenters. The second-order valence-electron chi connectivity index (χ2n) is 14.7. The number of aliphatic hydroxyl groups excluding tert-OH is 1. The Hall–Kier alpha value is -2.74. The van der Waals surface area contributed by atoms with Crippen molar-refractivity contribution in [2.45, 2.75) is 110 Å². The predicted octanol–water partition coefficient (Wildman–Crippen LogP) is 5.65. The Balaban J connectivity index is 1.93. The van der Waals surface area contributed by atoms with Crippen LogP contribution in [0, 0.1) is 5.92 Å². The number of hydrogen-bond acceptors (Lipinski definition) is 8. The van der Waals surface area contributed by atoms with Crippen molar-refractivity contribution in [2.75, 3.05) is 19.8 Å². The maximum absolute atomic E-state index is 14.0. The molecule has 51 heavy (non-hydrogen) atoms. The van der Waals surface area contributed by atoms with Crippen LogP contribution in [0.3, 0.4) is 0 Å². The summed E-state index contributed by atoms with van der Waals surface area (Å²) in [6.45, 7) is 13.9. The maximum Gasteiger partial charge on any atom is 0.408 e. The molecule has 11 nitrogen and oxygen atoms in total. The van der Waals surface area contributed by atoms with Crippen LogP contribution < -0.4 is 16.1 Å². The van der Waals surface area contributed by atoms with Crippen LogP contribution in [0.25, 0.3) is 0 Å². The van der Waals surface area contributed by atoms with E-state index in [9.17, 15) is 24.3 Å². The smallest absolute Gasteiger partial charge is 0.408 e. The third-order valence-corrected chi connectivity index (χ3v) is 10.8. The highest BCUT2D eigenvalue weighted by atomic mass is 35.6. The second-order valence-corrected chi connectivity index (χ2v) is 20.0. The van der Waals surface area contributed by atoms with Gasteiger partial charge in [-0.2, -0.15) is 0 Å². The molecule has 0 aliphatic carbocycles. The summed E-state index contributed by atoms with van der Waals surface area (Å²) in [5.74, 6) is -2.90. The maximum atomic E-state index is 14.0. The molecule has 0 aromatic heterocycles. The summed E-state index contributed by atoms with van der Waals surface area (Å²) in [5.41, 5.74) is 2.99. The Labute approximate surface area is 318 Å². The van der Waals surface area contributed by atoms with Crippen molar-refractivity contribution in [2.24, 2.45) is 5.92 Å². The van der Waals surface area contributed by atoms with Crippen LogP contribution in [0.15, 0.2) is 64.4 Å². The number of ether oxygens (including phenoxy) is 2. The molecule has 1 fully saturated rings. The van der Waals surface area contributed by atoms with Crippen LogP contribution in [0.1, 0.15) is 73.3 Å². The molecule has 4 N–H and O–H groups in total. The Bertz CT molecular complexity index is 1510. The van der Waals surface area contributed by atoms with E-state index in [1.165, 1.54) is 9.90 Å². The van der Waals surface area contributed by atoms with Crippen molar-refractivity contribution in [3.05, 3.63) is 60.2 Å². The number of alkyl halides is 3. The van der Waals surface area contributed by atoms with Crippen LogP contribution in [0.2, 0.25) is 0 Å². The van der Waals surface area contributed by atoms with Crippen LogP contribution in [-0.2, 0) is 34.8 Å². The summed E-state index contributed by atoms with van der Waals surface area (Å²) in [5, 5.41) is 16.6. The molecule has 282 valence electrons. The number of nitrogens with zero attached hydrogens (tertiary/aromatic N) is 1. The first-order valence-corrected chi connectivity index (χ1v) is 19.1. The zero-order valence-electron chi connectivity index (χ0n) is 30.3. The van der Waals surface area contributed by atoms with Gasteiger partial charge in [-0.1, -0.05) is 79.0 Å². The summed E-state index contributed by atoms with van der Waals surface area (Å²) in [6, 6.07) is 14.8. The van der Waals surface area contributed by atoms with E-state index in [1.54, 1.807) is 34.6 Å². The van der Waals surface area contributed by atoms with Gasteiger partial charge in [-0.15, -0.1) is 0 Å². The molecule has 2 aromatic carbocycles. The van der Waals surface area contributed by atoms with Crippen molar-refractivity contribution in [3.63, 3.8) is 0 Å². The number of benzene rings is 2. The molecule has 1 heterocycles. The molecule has 1 aliphatic rings. The van der Waals surface area contributed by atoms with Crippen molar-refractivity contribution in [1.82, 2.24) is 21.1 Å². The molecule has 2 unspecified atom stereocenters. The number of nitrogens with one attached hydrogen (secondary N) is 3. The number of aliphatic hydroxyl groups is 1. The molecule has 3 amide bonds. The minimum atomic E-state index is -1.85. The average molecular weight is 789 g/mol. The Morgan fingerprint density at radius 2 is 1.59 bits per heavy atom. The minimum Gasteiger partial charge on any atom is -0.460 e. The Kier molecular flexibility index (Phi) is 14.9. The largest absolute Gasteiger partial charge is 0.460 e. The number of halogens is 3. The van der Waals surface area contributed by atoms with Crippen molar-refractivity contribution >= 4 is 69.6 Å². The van der Waals surface area contributed by atoms with Crippen molar-refractivity contribution in [1.29, 1.82) is 0 Å². The average Bonchev–Trinajstić information content (AvgIpc) is 3.03. The highest BCUT2D eigenvalue weighted by Crippen LogP contribution is 2.37.